The van der Waals surface area contributed by atoms with Crippen LogP contribution in [-0.4, -0.2) is 0 Å². The summed E-state index contributed by atoms with van der Waals surface area (Å²) in [5.41, 5.74) is 8.11. The van der Waals surface area contributed by atoms with Crippen LogP contribution in [0.3, 0.4) is 0 Å². The van der Waals surface area contributed by atoms with Crippen molar-refractivity contribution in [3.8, 4) is 0 Å². The fourth-order valence-electron chi connectivity index (χ4n) is 1.75. The standard InChI is InChI=1S/C14H14BrFN2/c1-9(10-5-3-2-4-6-10)18-14-8-12(16)11(15)7-13(14)17/h2-9,18H,17H2,1H3. The van der Waals surface area contributed by atoms with Crippen LogP contribution in [0.4, 0.5) is 15.8 Å². The predicted octanol–water partition coefficient (Wildman–Crippen LogP) is 4.34. The van der Waals surface area contributed by atoms with Crippen LogP contribution in [0.2, 0.25) is 0 Å². The van der Waals surface area contributed by atoms with Gasteiger partial charge in [0.2, 0.25) is 0 Å². The minimum absolute atomic E-state index is 0.0640. The number of benzene rings is 2. The molecule has 0 saturated heterocycles. The molecule has 0 aliphatic rings. The Morgan fingerprint density at radius 2 is 1.89 bits per heavy atom. The van der Waals surface area contributed by atoms with Crippen LogP contribution in [0.25, 0.3) is 0 Å². The molecule has 0 spiro atoms. The number of hydrogen-bond acceptors (Lipinski definition) is 2. The largest absolute Gasteiger partial charge is 0.397 e. The summed E-state index contributed by atoms with van der Waals surface area (Å²) in [7, 11) is 0. The average Bonchev–Trinajstić information content (AvgIpc) is 2.37. The first-order valence-electron chi connectivity index (χ1n) is 5.64. The molecule has 2 rings (SSSR count). The van der Waals surface area contributed by atoms with Crippen molar-refractivity contribution in [2.75, 3.05) is 11.1 Å². The lowest BCUT2D eigenvalue weighted by Crippen LogP contribution is -2.08. The molecule has 0 aliphatic heterocycles. The molecular formula is C14H14BrFN2. The van der Waals surface area contributed by atoms with Gasteiger partial charge < -0.3 is 11.1 Å². The number of anilines is 2. The Kier molecular flexibility index (Phi) is 3.87. The summed E-state index contributed by atoms with van der Waals surface area (Å²) < 4.78 is 13.8. The van der Waals surface area contributed by atoms with Gasteiger partial charge in [0.15, 0.2) is 0 Å². The highest BCUT2D eigenvalue weighted by Gasteiger charge is 2.09. The molecule has 0 amide bonds. The Morgan fingerprint density at radius 3 is 2.56 bits per heavy atom. The summed E-state index contributed by atoms with van der Waals surface area (Å²) in [6.45, 7) is 2.01. The molecule has 4 heteroatoms. The smallest absolute Gasteiger partial charge is 0.139 e. The second-order valence-corrected chi connectivity index (χ2v) is 4.98. The molecule has 94 valence electrons. The van der Waals surface area contributed by atoms with Crippen molar-refractivity contribution in [2.45, 2.75) is 13.0 Å². The second kappa shape index (κ2) is 5.40. The molecule has 18 heavy (non-hydrogen) atoms. The van der Waals surface area contributed by atoms with Gasteiger partial charge >= 0.3 is 0 Å². The van der Waals surface area contributed by atoms with E-state index in [4.69, 9.17) is 5.73 Å². The van der Waals surface area contributed by atoms with E-state index in [1.165, 1.54) is 6.07 Å². The zero-order valence-corrected chi connectivity index (χ0v) is 11.5. The Labute approximate surface area is 114 Å². The van der Waals surface area contributed by atoms with Gasteiger partial charge in [0.25, 0.3) is 0 Å². The molecule has 0 aromatic heterocycles. The third kappa shape index (κ3) is 2.82. The molecule has 0 saturated carbocycles. The fourth-order valence-corrected chi connectivity index (χ4v) is 2.11. The van der Waals surface area contributed by atoms with Crippen molar-refractivity contribution in [2.24, 2.45) is 0 Å². The highest BCUT2D eigenvalue weighted by molar-refractivity contribution is 9.10. The summed E-state index contributed by atoms with van der Waals surface area (Å²) in [5, 5.41) is 3.21. The molecule has 3 N–H and O–H groups in total. The molecule has 0 radical (unpaired) electrons. The summed E-state index contributed by atoms with van der Waals surface area (Å²) in [4.78, 5) is 0. The van der Waals surface area contributed by atoms with Crippen LogP contribution >= 0.6 is 15.9 Å². The summed E-state index contributed by atoms with van der Waals surface area (Å²) in [5.74, 6) is -0.327. The van der Waals surface area contributed by atoms with E-state index in [1.54, 1.807) is 6.07 Å². The van der Waals surface area contributed by atoms with Crippen molar-refractivity contribution in [1.82, 2.24) is 0 Å². The molecule has 0 fully saturated rings. The number of halogens is 2. The van der Waals surface area contributed by atoms with Crippen LogP contribution in [0, 0.1) is 5.82 Å². The second-order valence-electron chi connectivity index (χ2n) is 4.13. The monoisotopic (exact) mass is 308 g/mol. The van der Waals surface area contributed by atoms with Gasteiger partial charge in [0, 0.05) is 12.1 Å². The van der Waals surface area contributed by atoms with E-state index in [9.17, 15) is 4.39 Å². The van der Waals surface area contributed by atoms with Gasteiger partial charge in [-0.1, -0.05) is 30.3 Å². The van der Waals surface area contributed by atoms with Gasteiger partial charge in [-0.3, -0.25) is 0 Å². The zero-order chi connectivity index (χ0) is 13.1. The Morgan fingerprint density at radius 1 is 1.22 bits per heavy atom. The number of nitrogen functional groups attached to an aromatic ring is 1. The third-order valence-corrected chi connectivity index (χ3v) is 3.37. The van der Waals surface area contributed by atoms with Gasteiger partial charge in [-0.2, -0.15) is 0 Å². The lowest BCUT2D eigenvalue weighted by Gasteiger charge is -2.17. The molecule has 0 bridgehead atoms. The molecule has 2 aromatic rings. The molecule has 1 atom stereocenters. The molecule has 0 aliphatic carbocycles. The van der Waals surface area contributed by atoms with E-state index in [-0.39, 0.29) is 11.9 Å². The summed E-state index contributed by atoms with van der Waals surface area (Å²) in [6.07, 6.45) is 0. The van der Waals surface area contributed by atoms with E-state index < -0.39 is 0 Å². The van der Waals surface area contributed by atoms with E-state index in [1.807, 2.05) is 37.3 Å². The number of hydrogen-bond donors (Lipinski definition) is 2. The van der Waals surface area contributed by atoms with E-state index in [0.29, 0.717) is 15.8 Å². The van der Waals surface area contributed by atoms with E-state index in [0.717, 1.165) is 5.56 Å². The normalized spacial score (nSPS) is 12.2. The summed E-state index contributed by atoms with van der Waals surface area (Å²) in [6, 6.07) is 13.0. The Hall–Kier alpha value is -1.55. The molecular weight excluding hydrogens is 295 g/mol. The minimum atomic E-state index is -0.327. The number of rotatable bonds is 3. The van der Waals surface area contributed by atoms with Crippen LogP contribution in [0.1, 0.15) is 18.5 Å². The highest BCUT2D eigenvalue weighted by Crippen LogP contribution is 2.29. The fraction of sp³-hybridized carbons (Fsp3) is 0.143. The highest BCUT2D eigenvalue weighted by atomic mass is 79.9. The SMILES string of the molecule is CC(Nc1cc(F)c(Br)cc1N)c1ccccc1. The quantitative estimate of drug-likeness (QED) is 0.828. The molecule has 1 unspecified atom stereocenters. The van der Waals surface area contributed by atoms with Crippen molar-refractivity contribution in [1.29, 1.82) is 0 Å². The van der Waals surface area contributed by atoms with Crippen LogP contribution < -0.4 is 11.1 Å². The van der Waals surface area contributed by atoms with Gasteiger partial charge in [-0.25, -0.2) is 4.39 Å². The van der Waals surface area contributed by atoms with Gasteiger partial charge in [-0.15, -0.1) is 0 Å². The molecule has 0 heterocycles. The molecule has 2 nitrogen and oxygen atoms in total. The van der Waals surface area contributed by atoms with Crippen LogP contribution in [0.15, 0.2) is 46.9 Å². The van der Waals surface area contributed by atoms with Gasteiger partial charge in [-0.05, 0) is 34.5 Å². The predicted molar refractivity (Wildman–Crippen MR) is 77.0 cm³/mol. The van der Waals surface area contributed by atoms with Crippen molar-refractivity contribution >= 4 is 27.3 Å². The lowest BCUT2D eigenvalue weighted by molar-refractivity contribution is 0.621. The first kappa shape index (κ1) is 12.9. The maximum Gasteiger partial charge on any atom is 0.139 e. The van der Waals surface area contributed by atoms with Crippen molar-refractivity contribution < 1.29 is 4.39 Å². The van der Waals surface area contributed by atoms with Crippen molar-refractivity contribution in [3.63, 3.8) is 0 Å². The third-order valence-electron chi connectivity index (χ3n) is 2.76. The zero-order valence-electron chi connectivity index (χ0n) is 9.95. The first-order chi connectivity index (χ1) is 8.58. The molecule has 2 aromatic carbocycles. The van der Waals surface area contributed by atoms with Crippen LogP contribution in [-0.2, 0) is 0 Å². The summed E-state index contributed by atoms with van der Waals surface area (Å²) >= 11 is 3.11. The van der Waals surface area contributed by atoms with Crippen molar-refractivity contribution in [3.05, 3.63) is 58.3 Å². The number of nitrogens with one attached hydrogen (secondary N) is 1. The first-order valence-corrected chi connectivity index (χ1v) is 6.43. The topological polar surface area (TPSA) is 38.0 Å². The van der Waals surface area contributed by atoms with E-state index in [2.05, 4.69) is 21.2 Å². The Balaban J connectivity index is 2.22. The lowest BCUT2D eigenvalue weighted by atomic mass is 10.1. The maximum atomic E-state index is 13.5. The van der Waals surface area contributed by atoms with Gasteiger partial charge in [0.1, 0.15) is 5.82 Å². The number of nitrogens with two attached hydrogens (primary N) is 1. The minimum Gasteiger partial charge on any atom is -0.397 e. The Bertz CT molecular complexity index is 543. The maximum absolute atomic E-state index is 13.5. The van der Waals surface area contributed by atoms with E-state index >= 15 is 0 Å². The van der Waals surface area contributed by atoms with Crippen LogP contribution in [0.5, 0.6) is 0 Å². The average molecular weight is 309 g/mol. The van der Waals surface area contributed by atoms with Gasteiger partial charge in [0.05, 0.1) is 15.8 Å².